The molecular formula is C17H17N3O5. The number of hydrogen-bond donors (Lipinski definition) is 1. The molecular weight excluding hydrogens is 326 g/mol. The van der Waals surface area contributed by atoms with Crippen molar-refractivity contribution in [2.45, 2.75) is 6.92 Å². The van der Waals surface area contributed by atoms with Crippen LogP contribution >= 0.6 is 0 Å². The summed E-state index contributed by atoms with van der Waals surface area (Å²) in [6.07, 6.45) is 1.46. The highest BCUT2D eigenvalue weighted by Crippen LogP contribution is 2.26. The number of nitrogens with zero attached hydrogens (tertiary/aromatic N) is 2. The van der Waals surface area contributed by atoms with Gasteiger partial charge in [0.2, 0.25) is 0 Å². The highest BCUT2D eigenvalue weighted by molar-refractivity contribution is 5.95. The van der Waals surface area contributed by atoms with Crippen molar-refractivity contribution < 1.29 is 19.2 Å². The van der Waals surface area contributed by atoms with Crippen molar-refractivity contribution in [1.82, 2.24) is 5.43 Å². The Hall–Kier alpha value is -3.42. The number of amides is 1. The van der Waals surface area contributed by atoms with E-state index in [0.717, 1.165) is 0 Å². The molecule has 0 saturated carbocycles. The van der Waals surface area contributed by atoms with Crippen LogP contribution in [0.3, 0.4) is 0 Å². The minimum atomic E-state index is -0.494. The minimum Gasteiger partial charge on any atom is -0.493 e. The van der Waals surface area contributed by atoms with Gasteiger partial charge in [0.25, 0.3) is 11.6 Å². The van der Waals surface area contributed by atoms with E-state index in [0.29, 0.717) is 22.6 Å². The summed E-state index contributed by atoms with van der Waals surface area (Å²) in [6, 6.07) is 9.31. The van der Waals surface area contributed by atoms with Crippen LogP contribution in [0.4, 0.5) is 5.69 Å². The number of aryl methyl sites for hydroxylation is 1. The average molecular weight is 343 g/mol. The van der Waals surface area contributed by atoms with Crippen LogP contribution < -0.4 is 14.9 Å². The lowest BCUT2D eigenvalue weighted by Gasteiger charge is -2.07. The van der Waals surface area contributed by atoms with E-state index in [9.17, 15) is 14.9 Å². The predicted octanol–water partition coefficient (Wildman–Crippen LogP) is 2.68. The number of methoxy groups -OCH3 is 2. The molecule has 130 valence electrons. The second-order valence-corrected chi connectivity index (χ2v) is 5.07. The molecule has 0 heterocycles. The van der Waals surface area contributed by atoms with Gasteiger partial charge in [0.1, 0.15) is 0 Å². The molecule has 0 bridgehead atoms. The molecule has 0 radical (unpaired) electrons. The summed E-state index contributed by atoms with van der Waals surface area (Å²) in [7, 11) is 3.06. The fraction of sp³-hybridized carbons (Fsp3) is 0.176. The fourth-order valence-electron chi connectivity index (χ4n) is 2.16. The number of carbonyl (C=O) groups excluding carboxylic acids is 1. The van der Waals surface area contributed by atoms with Crippen LogP contribution in [0, 0.1) is 17.0 Å². The number of nitro groups is 1. The molecule has 0 spiro atoms. The number of carbonyl (C=O) groups is 1. The predicted molar refractivity (Wildman–Crippen MR) is 92.4 cm³/mol. The monoisotopic (exact) mass is 343 g/mol. The van der Waals surface area contributed by atoms with Crippen molar-refractivity contribution in [3.05, 3.63) is 63.2 Å². The number of hydrogen-bond acceptors (Lipinski definition) is 6. The van der Waals surface area contributed by atoms with Gasteiger partial charge < -0.3 is 9.47 Å². The molecule has 25 heavy (non-hydrogen) atoms. The van der Waals surface area contributed by atoms with Crippen molar-refractivity contribution in [1.29, 1.82) is 0 Å². The van der Waals surface area contributed by atoms with E-state index in [-0.39, 0.29) is 11.3 Å². The van der Waals surface area contributed by atoms with Crippen molar-refractivity contribution in [2.75, 3.05) is 14.2 Å². The summed E-state index contributed by atoms with van der Waals surface area (Å²) in [5, 5.41) is 14.7. The van der Waals surface area contributed by atoms with Gasteiger partial charge in [-0.15, -0.1) is 0 Å². The number of ether oxygens (including phenoxy) is 2. The Morgan fingerprint density at radius 1 is 1.16 bits per heavy atom. The molecule has 2 rings (SSSR count). The van der Waals surface area contributed by atoms with Gasteiger partial charge in [-0.25, -0.2) is 5.43 Å². The number of rotatable bonds is 6. The van der Waals surface area contributed by atoms with E-state index in [2.05, 4.69) is 10.5 Å². The minimum absolute atomic E-state index is 0.0367. The lowest BCUT2D eigenvalue weighted by atomic mass is 10.1. The van der Waals surface area contributed by atoms with Gasteiger partial charge in [-0.05, 0) is 42.8 Å². The molecule has 0 aliphatic carbocycles. The van der Waals surface area contributed by atoms with Crippen LogP contribution in [0.25, 0.3) is 0 Å². The van der Waals surface area contributed by atoms with Gasteiger partial charge in [-0.2, -0.15) is 5.10 Å². The third kappa shape index (κ3) is 4.31. The van der Waals surface area contributed by atoms with Crippen LogP contribution in [0.2, 0.25) is 0 Å². The average Bonchev–Trinajstić information content (AvgIpc) is 2.60. The van der Waals surface area contributed by atoms with Crippen molar-refractivity contribution in [2.24, 2.45) is 5.10 Å². The van der Waals surface area contributed by atoms with Crippen molar-refractivity contribution in [3.8, 4) is 11.5 Å². The Morgan fingerprint density at radius 2 is 1.88 bits per heavy atom. The Labute approximate surface area is 144 Å². The molecule has 0 unspecified atom stereocenters. The summed E-state index contributed by atoms with van der Waals surface area (Å²) >= 11 is 0. The van der Waals surface area contributed by atoms with Crippen LogP contribution in [0.15, 0.2) is 41.5 Å². The Kier molecular flexibility index (Phi) is 5.67. The van der Waals surface area contributed by atoms with E-state index in [4.69, 9.17) is 9.47 Å². The summed E-state index contributed by atoms with van der Waals surface area (Å²) in [6.45, 7) is 1.57. The second kappa shape index (κ2) is 7.91. The number of benzene rings is 2. The molecule has 0 saturated heterocycles. The first kappa shape index (κ1) is 17.9. The molecule has 2 aromatic rings. The molecule has 2 aromatic carbocycles. The maximum atomic E-state index is 12.1. The number of hydrazone groups is 1. The topological polar surface area (TPSA) is 103 Å². The van der Waals surface area contributed by atoms with Crippen molar-refractivity contribution >= 4 is 17.8 Å². The molecule has 0 aliphatic heterocycles. The van der Waals surface area contributed by atoms with Gasteiger partial charge >= 0.3 is 0 Å². The molecule has 0 fully saturated rings. The summed E-state index contributed by atoms with van der Waals surface area (Å²) < 4.78 is 10.3. The zero-order chi connectivity index (χ0) is 18.4. The molecule has 1 amide bonds. The zero-order valence-corrected chi connectivity index (χ0v) is 14.0. The van der Waals surface area contributed by atoms with Crippen LogP contribution in [-0.2, 0) is 0 Å². The van der Waals surface area contributed by atoms with Gasteiger partial charge in [-0.3, -0.25) is 14.9 Å². The van der Waals surface area contributed by atoms with Gasteiger partial charge in [0.15, 0.2) is 11.5 Å². The molecule has 8 heteroatoms. The number of nitro benzene ring substituents is 1. The molecule has 0 atom stereocenters. The Balaban J connectivity index is 2.08. The molecule has 1 N–H and O–H groups in total. The van der Waals surface area contributed by atoms with Gasteiger partial charge in [0.05, 0.1) is 25.4 Å². The Morgan fingerprint density at radius 3 is 2.48 bits per heavy atom. The van der Waals surface area contributed by atoms with Gasteiger partial charge in [-0.1, -0.05) is 0 Å². The first-order valence-corrected chi connectivity index (χ1v) is 7.26. The summed E-state index contributed by atoms with van der Waals surface area (Å²) in [4.78, 5) is 22.4. The van der Waals surface area contributed by atoms with E-state index < -0.39 is 10.8 Å². The number of nitrogens with one attached hydrogen (secondary N) is 1. The maximum Gasteiger partial charge on any atom is 0.272 e. The fourth-order valence-corrected chi connectivity index (χ4v) is 2.16. The molecule has 0 aromatic heterocycles. The van der Waals surface area contributed by atoms with Crippen molar-refractivity contribution in [3.63, 3.8) is 0 Å². The second-order valence-electron chi connectivity index (χ2n) is 5.07. The van der Waals surface area contributed by atoms with E-state index in [1.165, 1.54) is 38.6 Å². The summed E-state index contributed by atoms with van der Waals surface area (Å²) in [5.41, 5.74) is 3.74. The van der Waals surface area contributed by atoms with E-state index in [1.807, 2.05) is 0 Å². The molecule has 0 aliphatic rings. The smallest absolute Gasteiger partial charge is 0.272 e. The quantitative estimate of drug-likeness (QED) is 0.493. The highest BCUT2D eigenvalue weighted by atomic mass is 16.6. The standard InChI is InChI=1S/C17H17N3O5/c1-11-8-13(5-6-14(11)20(22)23)17(21)19-18-10-12-4-7-15(24-2)16(9-12)25-3/h4-10H,1-3H3,(H,19,21). The zero-order valence-electron chi connectivity index (χ0n) is 14.0. The third-order valence-corrected chi connectivity index (χ3v) is 3.44. The first-order chi connectivity index (χ1) is 12.0. The molecule has 8 nitrogen and oxygen atoms in total. The lowest BCUT2D eigenvalue weighted by molar-refractivity contribution is -0.385. The largest absolute Gasteiger partial charge is 0.493 e. The van der Waals surface area contributed by atoms with Crippen LogP contribution in [0.5, 0.6) is 11.5 Å². The normalized spacial score (nSPS) is 10.5. The SMILES string of the molecule is COc1ccc(C=NNC(=O)c2ccc([N+](=O)[O-])c(C)c2)cc1OC. The third-order valence-electron chi connectivity index (χ3n) is 3.44. The Bertz CT molecular complexity index is 833. The van der Waals surface area contributed by atoms with Gasteiger partial charge in [0, 0.05) is 17.2 Å². The lowest BCUT2D eigenvalue weighted by Crippen LogP contribution is -2.17. The first-order valence-electron chi connectivity index (χ1n) is 7.26. The summed E-state index contributed by atoms with van der Waals surface area (Å²) in [5.74, 6) is 0.670. The highest BCUT2D eigenvalue weighted by Gasteiger charge is 2.13. The maximum absolute atomic E-state index is 12.1. The van der Waals surface area contributed by atoms with Crippen LogP contribution in [0.1, 0.15) is 21.5 Å². The van der Waals surface area contributed by atoms with Crippen LogP contribution in [-0.4, -0.2) is 31.3 Å². The van der Waals surface area contributed by atoms with E-state index in [1.54, 1.807) is 25.1 Å². The van der Waals surface area contributed by atoms with E-state index >= 15 is 0 Å².